The molecule has 110 valence electrons. The van der Waals surface area contributed by atoms with Gasteiger partial charge in [-0.2, -0.15) is 5.26 Å². The largest absolute Gasteiger partial charge is 0.319 e. The fourth-order valence-electron chi connectivity index (χ4n) is 2.65. The van der Waals surface area contributed by atoms with Crippen molar-refractivity contribution in [1.29, 1.82) is 5.26 Å². The average Bonchev–Trinajstić information content (AvgIpc) is 2.85. The van der Waals surface area contributed by atoms with Gasteiger partial charge in [-0.1, -0.05) is 28.1 Å². The Labute approximate surface area is 138 Å². The Hall–Kier alpha value is -2.12. The second-order valence-corrected chi connectivity index (χ2v) is 7.18. The summed E-state index contributed by atoms with van der Waals surface area (Å²) in [6.07, 6.45) is 0. The second kappa shape index (κ2) is 5.26. The zero-order valence-electron chi connectivity index (χ0n) is 12.8. The molecule has 0 saturated carbocycles. The number of nitriles is 1. The Balaban J connectivity index is 2.35. The van der Waals surface area contributed by atoms with Crippen molar-refractivity contribution in [2.45, 2.75) is 26.3 Å². The molecule has 1 heterocycles. The third-order valence-electron chi connectivity index (χ3n) is 3.54. The van der Waals surface area contributed by atoms with Crippen molar-refractivity contribution in [3.8, 4) is 17.5 Å². The van der Waals surface area contributed by atoms with Crippen molar-refractivity contribution in [3.05, 3.63) is 52.5 Å². The van der Waals surface area contributed by atoms with Crippen molar-refractivity contribution in [1.82, 2.24) is 9.55 Å². The van der Waals surface area contributed by atoms with Crippen LogP contribution in [-0.2, 0) is 5.54 Å². The summed E-state index contributed by atoms with van der Waals surface area (Å²) in [7, 11) is 0. The van der Waals surface area contributed by atoms with Crippen LogP contribution in [0.2, 0.25) is 0 Å². The van der Waals surface area contributed by atoms with Crippen molar-refractivity contribution in [3.63, 3.8) is 0 Å². The third kappa shape index (κ3) is 2.53. The quantitative estimate of drug-likeness (QED) is 0.611. The minimum Gasteiger partial charge on any atom is -0.319 e. The Morgan fingerprint density at radius 1 is 1.14 bits per heavy atom. The smallest absolute Gasteiger partial charge is 0.141 e. The van der Waals surface area contributed by atoms with Crippen LogP contribution in [0.3, 0.4) is 0 Å². The normalized spacial score (nSPS) is 11.6. The van der Waals surface area contributed by atoms with Gasteiger partial charge in [0, 0.05) is 15.6 Å². The lowest BCUT2D eigenvalue weighted by Crippen LogP contribution is -2.22. The molecule has 0 fully saturated rings. The maximum Gasteiger partial charge on any atom is 0.141 e. The first kappa shape index (κ1) is 14.8. The van der Waals surface area contributed by atoms with Gasteiger partial charge in [-0.25, -0.2) is 4.98 Å². The SMILES string of the molecule is CC(C)(C)n1c(-c2cccc(C#N)c2)nc2cc(Br)ccc21. The molecule has 0 aliphatic heterocycles. The van der Waals surface area contributed by atoms with Crippen molar-refractivity contribution in [2.75, 3.05) is 0 Å². The molecule has 0 spiro atoms. The van der Waals surface area contributed by atoms with Crippen molar-refractivity contribution >= 4 is 27.0 Å². The lowest BCUT2D eigenvalue weighted by atomic mass is 10.1. The fraction of sp³-hybridized carbons (Fsp3) is 0.222. The summed E-state index contributed by atoms with van der Waals surface area (Å²) >= 11 is 3.50. The Kier molecular flexibility index (Phi) is 3.54. The minimum atomic E-state index is -0.111. The molecule has 2 aromatic carbocycles. The van der Waals surface area contributed by atoms with Gasteiger partial charge in [-0.3, -0.25) is 0 Å². The summed E-state index contributed by atoms with van der Waals surface area (Å²) in [5, 5.41) is 9.13. The van der Waals surface area contributed by atoms with E-state index in [2.05, 4.69) is 53.4 Å². The van der Waals surface area contributed by atoms with Crippen LogP contribution in [0.5, 0.6) is 0 Å². The van der Waals surface area contributed by atoms with Crippen LogP contribution in [0.15, 0.2) is 46.9 Å². The monoisotopic (exact) mass is 353 g/mol. The Morgan fingerprint density at radius 2 is 1.91 bits per heavy atom. The summed E-state index contributed by atoms with van der Waals surface area (Å²) in [6, 6.07) is 15.9. The number of rotatable bonds is 1. The molecule has 22 heavy (non-hydrogen) atoms. The average molecular weight is 354 g/mol. The topological polar surface area (TPSA) is 41.6 Å². The van der Waals surface area contributed by atoms with Crippen molar-refractivity contribution in [2.24, 2.45) is 0 Å². The van der Waals surface area contributed by atoms with Gasteiger partial charge in [0.05, 0.1) is 22.7 Å². The zero-order valence-corrected chi connectivity index (χ0v) is 14.3. The highest BCUT2D eigenvalue weighted by Gasteiger charge is 2.22. The first-order chi connectivity index (χ1) is 10.4. The molecule has 0 unspecified atom stereocenters. The van der Waals surface area contributed by atoms with Gasteiger partial charge < -0.3 is 4.57 Å². The van der Waals surface area contributed by atoms with E-state index in [1.807, 2.05) is 36.4 Å². The van der Waals surface area contributed by atoms with E-state index in [1.54, 1.807) is 0 Å². The number of imidazole rings is 1. The van der Waals surface area contributed by atoms with Gasteiger partial charge >= 0.3 is 0 Å². The van der Waals surface area contributed by atoms with Gasteiger partial charge in [0.1, 0.15) is 5.82 Å². The van der Waals surface area contributed by atoms with E-state index >= 15 is 0 Å². The summed E-state index contributed by atoms with van der Waals surface area (Å²) in [6.45, 7) is 6.48. The fourth-order valence-corrected chi connectivity index (χ4v) is 3.00. The predicted molar refractivity (Wildman–Crippen MR) is 92.6 cm³/mol. The Morgan fingerprint density at radius 3 is 2.59 bits per heavy atom. The van der Waals surface area contributed by atoms with Crippen LogP contribution in [0, 0.1) is 11.3 Å². The minimum absolute atomic E-state index is 0.111. The highest BCUT2D eigenvalue weighted by molar-refractivity contribution is 9.10. The molecule has 0 aliphatic rings. The van der Waals surface area contributed by atoms with Crippen LogP contribution in [-0.4, -0.2) is 9.55 Å². The molecule has 1 aromatic heterocycles. The van der Waals surface area contributed by atoms with Crippen LogP contribution in [0.1, 0.15) is 26.3 Å². The standard InChI is InChI=1S/C18H16BrN3/c1-18(2,3)22-16-8-7-14(19)10-15(16)21-17(22)13-6-4-5-12(9-13)11-20/h4-10H,1-3H3. The van der Waals surface area contributed by atoms with Crippen LogP contribution < -0.4 is 0 Å². The number of halogens is 1. The molecule has 0 saturated heterocycles. The van der Waals surface area contributed by atoms with E-state index in [1.165, 1.54) is 0 Å². The van der Waals surface area contributed by atoms with Crippen LogP contribution in [0.4, 0.5) is 0 Å². The number of aromatic nitrogens is 2. The maximum atomic E-state index is 9.13. The first-order valence-corrected chi connectivity index (χ1v) is 7.88. The molecular formula is C18H16BrN3. The van der Waals surface area contributed by atoms with E-state index in [4.69, 9.17) is 10.2 Å². The summed E-state index contributed by atoms with van der Waals surface area (Å²) in [5.41, 5.74) is 3.53. The summed E-state index contributed by atoms with van der Waals surface area (Å²) in [5.74, 6) is 0.887. The molecule has 0 aliphatic carbocycles. The maximum absolute atomic E-state index is 9.13. The number of nitrogens with zero attached hydrogens (tertiary/aromatic N) is 3. The molecule has 0 atom stereocenters. The highest BCUT2D eigenvalue weighted by Crippen LogP contribution is 2.32. The van der Waals surface area contributed by atoms with Gasteiger partial charge in [0.2, 0.25) is 0 Å². The van der Waals surface area contributed by atoms with Gasteiger partial charge in [-0.05, 0) is 51.1 Å². The van der Waals surface area contributed by atoms with Crippen molar-refractivity contribution < 1.29 is 0 Å². The lowest BCUT2D eigenvalue weighted by Gasteiger charge is -2.24. The molecule has 0 bridgehead atoms. The third-order valence-corrected chi connectivity index (χ3v) is 4.03. The summed E-state index contributed by atoms with van der Waals surface area (Å²) < 4.78 is 3.24. The zero-order chi connectivity index (χ0) is 15.9. The molecule has 3 aromatic rings. The predicted octanol–water partition coefficient (Wildman–Crippen LogP) is 5.09. The van der Waals surface area contributed by atoms with Gasteiger partial charge in [0.25, 0.3) is 0 Å². The number of hydrogen-bond donors (Lipinski definition) is 0. The van der Waals surface area contributed by atoms with Gasteiger partial charge in [-0.15, -0.1) is 0 Å². The van der Waals surface area contributed by atoms with E-state index in [0.29, 0.717) is 5.56 Å². The highest BCUT2D eigenvalue weighted by atomic mass is 79.9. The molecular weight excluding hydrogens is 338 g/mol. The molecule has 0 amide bonds. The summed E-state index contributed by atoms with van der Waals surface area (Å²) in [4.78, 5) is 4.81. The van der Waals surface area contributed by atoms with Gasteiger partial charge in [0.15, 0.2) is 0 Å². The molecule has 3 nitrogen and oxygen atoms in total. The second-order valence-electron chi connectivity index (χ2n) is 6.27. The van der Waals surface area contributed by atoms with E-state index in [-0.39, 0.29) is 5.54 Å². The first-order valence-electron chi connectivity index (χ1n) is 7.09. The van der Waals surface area contributed by atoms with Crippen LogP contribution >= 0.6 is 15.9 Å². The Bertz CT molecular complexity index is 895. The number of hydrogen-bond acceptors (Lipinski definition) is 2. The van der Waals surface area contributed by atoms with E-state index in [9.17, 15) is 0 Å². The molecule has 4 heteroatoms. The lowest BCUT2D eigenvalue weighted by molar-refractivity contribution is 0.413. The molecule has 0 N–H and O–H groups in total. The molecule has 0 radical (unpaired) electrons. The number of benzene rings is 2. The van der Waals surface area contributed by atoms with E-state index < -0.39 is 0 Å². The number of fused-ring (bicyclic) bond motifs is 1. The molecule has 3 rings (SSSR count). The van der Waals surface area contributed by atoms with Crippen LogP contribution in [0.25, 0.3) is 22.4 Å². The van der Waals surface area contributed by atoms with E-state index in [0.717, 1.165) is 26.9 Å².